The van der Waals surface area contributed by atoms with Crippen molar-refractivity contribution in [2.45, 2.75) is 77.1 Å². The summed E-state index contributed by atoms with van der Waals surface area (Å²) in [6, 6.07) is 3.47. The molecule has 0 saturated carbocycles. The van der Waals surface area contributed by atoms with E-state index in [4.69, 9.17) is 14.1 Å². The zero-order valence-corrected chi connectivity index (χ0v) is 19.4. The summed E-state index contributed by atoms with van der Waals surface area (Å²) in [6.07, 6.45) is 2.66. The van der Waals surface area contributed by atoms with Crippen LogP contribution in [0, 0.1) is 5.82 Å². The molecule has 168 valence electrons. The van der Waals surface area contributed by atoms with Crippen LogP contribution in [-0.2, 0) is 19.7 Å². The van der Waals surface area contributed by atoms with Gasteiger partial charge in [-0.3, -0.25) is 4.98 Å². The quantitative estimate of drug-likeness (QED) is 0.752. The number of ether oxygens (including phenoxy) is 2. The summed E-state index contributed by atoms with van der Waals surface area (Å²) < 4.78 is 33.1. The lowest BCUT2D eigenvalue weighted by atomic mass is 9.59. The maximum Gasteiger partial charge on any atom is 0.354 e. The molecule has 2 saturated heterocycles. The highest BCUT2D eigenvalue weighted by Gasteiger charge is 2.47. The fourth-order valence-electron chi connectivity index (χ4n) is 4.61. The highest BCUT2D eigenvalue weighted by atomic mass is 19.1. The number of benzene rings is 1. The van der Waals surface area contributed by atoms with Crippen molar-refractivity contribution in [3.8, 4) is 0 Å². The Hall–Kier alpha value is -1.54. The molecule has 2 aliphatic rings. The molecule has 2 aliphatic heterocycles. The first-order chi connectivity index (χ1) is 14.5. The molecule has 2 aromatic rings. The molecule has 1 aromatic carbocycles. The SMILES string of the molecule is CC(C)c1c(C2(O)CCOCC2)cnc2c(F)cc(B3COC(C)(C)C(C)(C)O3)cc12. The van der Waals surface area contributed by atoms with E-state index in [1.54, 1.807) is 6.20 Å². The fraction of sp³-hybridized carbons (Fsp3) is 0.625. The average molecular weight is 429 g/mol. The molecule has 1 N–H and O–H groups in total. The number of nitrogens with zero attached hydrogens (tertiary/aromatic N) is 1. The Labute approximate surface area is 184 Å². The van der Waals surface area contributed by atoms with Crippen molar-refractivity contribution in [2.24, 2.45) is 0 Å². The van der Waals surface area contributed by atoms with Crippen molar-refractivity contribution < 1.29 is 23.6 Å². The highest BCUT2D eigenvalue weighted by Crippen LogP contribution is 2.40. The van der Waals surface area contributed by atoms with E-state index in [2.05, 4.69) is 18.8 Å². The van der Waals surface area contributed by atoms with Crippen LogP contribution < -0.4 is 5.46 Å². The molecule has 5 nitrogen and oxygen atoms in total. The summed E-state index contributed by atoms with van der Waals surface area (Å²) >= 11 is 0. The van der Waals surface area contributed by atoms with Crippen molar-refractivity contribution in [1.29, 1.82) is 0 Å². The second kappa shape index (κ2) is 7.80. The van der Waals surface area contributed by atoms with Crippen LogP contribution in [0.25, 0.3) is 10.9 Å². The lowest BCUT2D eigenvalue weighted by Crippen LogP contribution is -2.61. The molecule has 2 fully saturated rings. The van der Waals surface area contributed by atoms with Gasteiger partial charge in [-0.25, -0.2) is 4.39 Å². The van der Waals surface area contributed by atoms with Crippen molar-refractivity contribution in [3.05, 3.63) is 35.3 Å². The average Bonchev–Trinajstić information content (AvgIpc) is 2.69. The molecule has 0 atom stereocenters. The first-order valence-electron chi connectivity index (χ1n) is 11.2. The molecule has 0 spiro atoms. The van der Waals surface area contributed by atoms with Crippen LogP contribution in [0.15, 0.2) is 18.3 Å². The van der Waals surface area contributed by atoms with Crippen LogP contribution in [0.5, 0.6) is 0 Å². The molecule has 7 heteroatoms. The topological polar surface area (TPSA) is 60.8 Å². The number of rotatable bonds is 3. The summed E-state index contributed by atoms with van der Waals surface area (Å²) in [4.78, 5) is 4.43. The van der Waals surface area contributed by atoms with E-state index in [9.17, 15) is 5.11 Å². The predicted molar refractivity (Wildman–Crippen MR) is 120 cm³/mol. The maximum atomic E-state index is 15.2. The largest absolute Gasteiger partial charge is 0.421 e. The van der Waals surface area contributed by atoms with Gasteiger partial charge in [0.25, 0.3) is 0 Å². The minimum Gasteiger partial charge on any atom is -0.421 e. The monoisotopic (exact) mass is 429 g/mol. The van der Waals surface area contributed by atoms with Gasteiger partial charge in [-0.1, -0.05) is 19.9 Å². The zero-order chi connectivity index (χ0) is 22.6. The third kappa shape index (κ3) is 3.90. The molecular weight excluding hydrogens is 396 g/mol. The van der Waals surface area contributed by atoms with E-state index in [1.165, 1.54) is 6.07 Å². The van der Waals surface area contributed by atoms with Gasteiger partial charge >= 0.3 is 6.92 Å². The Bertz CT molecular complexity index is 985. The summed E-state index contributed by atoms with van der Waals surface area (Å²) in [5, 5.41) is 12.1. The van der Waals surface area contributed by atoms with Crippen LogP contribution in [0.2, 0.25) is 0 Å². The molecule has 0 unspecified atom stereocenters. The van der Waals surface area contributed by atoms with Crippen molar-refractivity contribution >= 4 is 23.3 Å². The molecule has 0 bridgehead atoms. The fourth-order valence-corrected chi connectivity index (χ4v) is 4.61. The summed E-state index contributed by atoms with van der Waals surface area (Å²) in [5.74, 6) is -0.299. The second-order valence-electron chi connectivity index (χ2n) is 10.2. The van der Waals surface area contributed by atoms with Crippen molar-refractivity contribution in [3.63, 3.8) is 0 Å². The first kappa shape index (κ1) is 22.7. The maximum absolute atomic E-state index is 15.2. The standard InChI is InChI=1S/C24H33BFNO4/c1-15(2)20-17-11-16(25-14-30-22(3,4)23(5,6)31-25)12-19(26)21(17)27-13-18(20)24(28)7-9-29-10-8-24/h11-13,15,28H,7-10,14H2,1-6H3. The van der Waals surface area contributed by atoms with Gasteiger partial charge < -0.3 is 19.2 Å². The minimum atomic E-state index is -1.01. The smallest absolute Gasteiger partial charge is 0.354 e. The Morgan fingerprint density at radius 1 is 1.10 bits per heavy atom. The van der Waals surface area contributed by atoms with Gasteiger partial charge in [-0.05, 0) is 50.7 Å². The van der Waals surface area contributed by atoms with Crippen molar-refractivity contribution in [1.82, 2.24) is 4.98 Å². The van der Waals surface area contributed by atoms with E-state index in [0.717, 1.165) is 22.0 Å². The van der Waals surface area contributed by atoms with Crippen LogP contribution in [0.1, 0.15) is 71.4 Å². The molecule has 0 aliphatic carbocycles. The number of fused-ring (bicyclic) bond motifs is 1. The number of pyridine rings is 1. The summed E-state index contributed by atoms with van der Waals surface area (Å²) in [6.45, 7) is 13.1. The number of hydrogen-bond donors (Lipinski definition) is 1. The third-order valence-corrected chi connectivity index (χ3v) is 7.24. The number of aliphatic hydroxyl groups is 1. The Morgan fingerprint density at radius 2 is 1.77 bits per heavy atom. The predicted octanol–water partition coefficient (Wildman–Crippen LogP) is 3.84. The lowest BCUT2D eigenvalue weighted by Gasteiger charge is -2.47. The van der Waals surface area contributed by atoms with Crippen LogP contribution in [-0.4, -0.2) is 47.9 Å². The van der Waals surface area contributed by atoms with Gasteiger partial charge in [0.05, 0.1) is 23.3 Å². The lowest BCUT2D eigenvalue weighted by molar-refractivity contribution is -0.152. The normalized spacial score (nSPS) is 22.8. The van der Waals surface area contributed by atoms with Crippen LogP contribution in [0.4, 0.5) is 4.39 Å². The van der Waals surface area contributed by atoms with Gasteiger partial charge in [0, 0.05) is 43.2 Å². The molecule has 0 radical (unpaired) electrons. The third-order valence-electron chi connectivity index (χ3n) is 7.24. The highest BCUT2D eigenvalue weighted by molar-refractivity contribution is 6.67. The van der Waals surface area contributed by atoms with Gasteiger partial charge in [0.1, 0.15) is 11.3 Å². The van der Waals surface area contributed by atoms with Crippen molar-refractivity contribution in [2.75, 3.05) is 19.7 Å². The summed E-state index contributed by atoms with van der Waals surface area (Å²) in [7, 11) is 0. The molecule has 31 heavy (non-hydrogen) atoms. The van der Waals surface area contributed by atoms with E-state index in [1.807, 2.05) is 33.8 Å². The van der Waals surface area contributed by atoms with Gasteiger partial charge in [-0.15, -0.1) is 0 Å². The Balaban J connectivity index is 1.84. The second-order valence-corrected chi connectivity index (χ2v) is 10.2. The van der Waals surface area contributed by atoms with E-state index in [0.29, 0.717) is 38.1 Å². The van der Waals surface area contributed by atoms with Crippen LogP contribution >= 0.6 is 0 Å². The first-order valence-corrected chi connectivity index (χ1v) is 11.2. The minimum absolute atomic E-state index is 0.0842. The molecule has 1 aromatic heterocycles. The molecule has 3 heterocycles. The Morgan fingerprint density at radius 3 is 2.39 bits per heavy atom. The van der Waals surface area contributed by atoms with Crippen LogP contribution in [0.3, 0.4) is 0 Å². The van der Waals surface area contributed by atoms with E-state index >= 15 is 4.39 Å². The van der Waals surface area contributed by atoms with Gasteiger partial charge in [0.15, 0.2) is 0 Å². The molecule has 4 rings (SSSR count). The molecule has 0 amide bonds. The number of halogens is 1. The van der Waals surface area contributed by atoms with Gasteiger partial charge in [-0.2, -0.15) is 0 Å². The summed E-state index contributed by atoms with van der Waals surface area (Å²) in [5.41, 5.74) is 0.782. The zero-order valence-electron chi connectivity index (χ0n) is 19.4. The van der Waals surface area contributed by atoms with E-state index in [-0.39, 0.29) is 18.7 Å². The number of aromatic nitrogens is 1. The van der Waals surface area contributed by atoms with E-state index < -0.39 is 16.8 Å². The van der Waals surface area contributed by atoms with Gasteiger partial charge in [0.2, 0.25) is 0 Å². The number of hydrogen-bond acceptors (Lipinski definition) is 5. The Kier molecular flexibility index (Phi) is 5.70. The molecular formula is C24H33BFNO4.